The minimum Gasteiger partial charge on any atom is -0.313 e. The molecule has 0 aromatic carbocycles. The summed E-state index contributed by atoms with van der Waals surface area (Å²) in [5.74, 6) is 3.12. The molecule has 0 aromatic rings. The fourth-order valence-corrected chi connectivity index (χ4v) is 2.70. The molecule has 0 heterocycles. The van der Waals surface area contributed by atoms with Crippen molar-refractivity contribution in [2.75, 3.05) is 18.6 Å². The second kappa shape index (κ2) is 6.73. The molecule has 1 nitrogen and oxygen atoms in total. The fourth-order valence-electron chi connectivity index (χ4n) is 2.01. The van der Waals surface area contributed by atoms with Crippen molar-refractivity contribution in [1.82, 2.24) is 5.32 Å². The van der Waals surface area contributed by atoms with Crippen molar-refractivity contribution in [3.8, 4) is 0 Å². The molecule has 1 saturated carbocycles. The van der Waals surface area contributed by atoms with E-state index in [2.05, 4.69) is 25.4 Å². The second-order valence-electron chi connectivity index (χ2n) is 4.70. The third-order valence-electron chi connectivity index (χ3n) is 2.97. The minimum atomic E-state index is 0.822. The molecule has 84 valence electrons. The van der Waals surface area contributed by atoms with Crippen LogP contribution in [-0.2, 0) is 0 Å². The van der Waals surface area contributed by atoms with Crippen molar-refractivity contribution in [2.45, 2.75) is 45.6 Å². The SMILES string of the molecule is CCCC(NCC(C)CSC)C1CC1. The first-order valence-electron chi connectivity index (χ1n) is 6.00. The van der Waals surface area contributed by atoms with Crippen LogP contribution in [0.3, 0.4) is 0 Å². The predicted molar refractivity (Wildman–Crippen MR) is 67.0 cm³/mol. The van der Waals surface area contributed by atoms with E-state index < -0.39 is 0 Å². The highest BCUT2D eigenvalue weighted by Crippen LogP contribution is 2.34. The maximum absolute atomic E-state index is 3.75. The zero-order chi connectivity index (χ0) is 10.4. The van der Waals surface area contributed by atoms with Crippen LogP contribution in [0, 0.1) is 11.8 Å². The van der Waals surface area contributed by atoms with E-state index in [9.17, 15) is 0 Å². The van der Waals surface area contributed by atoms with Gasteiger partial charge in [-0.25, -0.2) is 0 Å². The van der Waals surface area contributed by atoms with Crippen LogP contribution in [0.25, 0.3) is 0 Å². The van der Waals surface area contributed by atoms with Gasteiger partial charge in [-0.1, -0.05) is 20.3 Å². The van der Waals surface area contributed by atoms with Crippen LogP contribution in [0.5, 0.6) is 0 Å². The summed E-state index contributed by atoms with van der Waals surface area (Å²) < 4.78 is 0. The lowest BCUT2D eigenvalue weighted by Gasteiger charge is -2.20. The molecule has 14 heavy (non-hydrogen) atoms. The van der Waals surface area contributed by atoms with Gasteiger partial charge in [0.25, 0.3) is 0 Å². The Morgan fingerprint density at radius 2 is 2.14 bits per heavy atom. The molecule has 0 saturated heterocycles. The Kier molecular flexibility index (Phi) is 5.95. The first-order valence-corrected chi connectivity index (χ1v) is 7.39. The molecular formula is C12H25NS. The van der Waals surface area contributed by atoms with Gasteiger partial charge in [0, 0.05) is 6.04 Å². The lowest BCUT2D eigenvalue weighted by molar-refractivity contribution is 0.405. The quantitative estimate of drug-likeness (QED) is 0.667. The number of hydrogen-bond donors (Lipinski definition) is 1. The molecule has 0 spiro atoms. The van der Waals surface area contributed by atoms with Crippen molar-refractivity contribution >= 4 is 11.8 Å². The van der Waals surface area contributed by atoms with E-state index in [4.69, 9.17) is 0 Å². The molecule has 1 aliphatic rings. The van der Waals surface area contributed by atoms with Crippen LogP contribution < -0.4 is 5.32 Å². The molecule has 0 aromatic heterocycles. The average Bonchev–Trinajstić information content (AvgIpc) is 2.96. The van der Waals surface area contributed by atoms with Gasteiger partial charge in [-0.05, 0) is 49.7 Å². The third kappa shape index (κ3) is 4.70. The number of rotatable bonds is 8. The molecule has 0 aliphatic heterocycles. The van der Waals surface area contributed by atoms with Crippen molar-refractivity contribution in [1.29, 1.82) is 0 Å². The summed E-state index contributed by atoms with van der Waals surface area (Å²) in [4.78, 5) is 0. The minimum absolute atomic E-state index is 0.822. The number of hydrogen-bond acceptors (Lipinski definition) is 2. The Labute approximate surface area is 93.4 Å². The summed E-state index contributed by atoms with van der Waals surface area (Å²) in [6.07, 6.45) is 7.83. The van der Waals surface area contributed by atoms with Gasteiger partial charge in [0.15, 0.2) is 0 Å². The molecule has 1 N–H and O–H groups in total. The largest absolute Gasteiger partial charge is 0.313 e. The maximum atomic E-state index is 3.75. The first kappa shape index (κ1) is 12.4. The van der Waals surface area contributed by atoms with Gasteiger partial charge in [-0.3, -0.25) is 0 Å². The van der Waals surface area contributed by atoms with Gasteiger partial charge < -0.3 is 5.32 Å². The van der Waals surface area contributed by atoms with E-state index >= 15 is 0 Å². The highest BCUT2D eigenvalue weighted by atomic mass is 32.2. The monoisotopic (exact) mass is 215 g/mol. The Bertz CT molecular complexity index is 145. The number of thioether (sulfide) groups is 1. The molecule has 2 atom stereocenters. The first-order chi connectivity index (χ1) is 6.77. The van der Waals surface area contributed by atoms with Gasteiger partial charge >= 0.3 is 0 Å². The lowest BCUT2D eigenvalue weighted by Crippen LogP contribution is -2.34. The Balaban J connectivity index is 2.12. The molecular weight excluding hydrogens is 190 g/mol. The molecule has 1 fully saturated rings. The van der Waals surface area contributed by atoms with Crippen molar-refractivity contribution < 1.29 is 0 Å². The Hall–Kier alpha value is 0.310. The summed E-state index contributed by atoms with van der Waals surface area (Å²) in [6.45, 7) is 5.85. The van der Waals surface area contributed by atoms with Crippen LogP contribution in [0.15, 0.2) is 0 Å². The molecule has 0 amide bonds. The van der Waals surface area contributed by atoms with Crippen molar-refractivity contribution in [3.05, 3.63) is 0 Å². The van der Waals surface area contributed by atoms with E-state index in [-0.39, 0.29) is 0 Å². The lowest BCUT2D eigenvalue weighted by atomic mass is 10.1. The highest BCUT2D eigenvalue weighted by Gasteiger charge is 2.30. The van der Waals surface area contributed by atoms with Gasteiger partial charge in [-0.15, -0.1) is 0 Å². The van der Waals surface area contributed by atoms with Gasteiger partial charge in [0.1, 0.15) is 0 Å². The average molecular weight is 215 g/mol. The summed E-state index contributed by atoms with van der Waals surface area (Å²) in [5.41, 5.74) is 0. The highest BCUT2D eigenvalue weighted by molar-refractivity contribution is 7.98. The molecule has 1 aliphatic carbocycles. The van der Waals surface area contributed by atoms with Gasteiger partial charge in [0.2, 0.25) is 0 Å². The normalized spacial score (nSPS) is 20.8. The van der Waals surface area contributed by atoms with Crippen LogP contribution >= 0.6 is 11.8 Å². The molecule has 1 rings (SSSR count). The predicted octanol–water partition coefficient (Wildman–Crippen LogP) is 3.15. The van der Waals surface area contributed by atoms with Crippen LogP contribution in [-0.4, -0.2) is 24.6 Å². The fraction of sp³-hybridized carbons (Fsp3) is 1.00. The van der Waals surface area contributed by atoms with E-state index in [0.717, 1.165) is 17.9 Å². The van der Waals surface area contributed by atoms with Crippen molar-refractivity contribution in [3.63, 3.8) is 0 Å². The Morgan fingerprint density at radius 3 is 2.64 bits per heavy atom. The second-order valence-corrected chi connectivity index (χ2v) is 5.61. The van der Waals surface area contributed by atoms with Gasteiger partial charge in [-0.2, -0.15) is 11.8 Å². The topological polar surface area (TPSA) is 12.0 Å². The van der Waals surface area contributed by atoms with Crippen LogP contribution in [0.2, 0.25) is 0 Å². The van der Waals surface area contributed by atoms with E-state index in [1.165, 1.54) is 38.0 Å². The molecule has 0 radical (unpaired) electrons. The van der Waals surface area contributed by atoms with E-state index in [1.807, 2.05) is 11.8 Å². The zero-order valence-corrected chi connectivity index (χ0v) is 10.7. The maximum Gasteiger partial charge on any atom is 0.00953 e. The standard InChI is InChI=1S/C12H25NS/c1-4-5-12(11-6-7-11)13-8-10(2)9-14-3/h10-13H,4-9H2,1-3H3. The zero-order valence-electron chi connectivity index (χ0n) is 9.88. The van der Waals surface area contributed by atoms with Crippen molar-refractivity contribution in [2.24, 2.45) is 11.8 Å². The van der Waals surface area contributed by atoms with Crippen LogP contribution in [0.1, 0.15) is 39.5 Å². The van der Waals surface area contributed by atoms with Gasteiger partial charge in [0.05, 0.1) is 0 Å². The summed E-state index contributed by atoms with van der Waals surface area (Å²) in [5, 5.41) is 3.75. The summed E-state index contributed by atoms with van der Waals surface area (Å²) in [7, 11) is 0. The third-order valence-corrected chi connectivity index (χ3v) is 3.87. The molecule has 2 heteroatoms. The van der Waals surface area contributed by atoms with E-state index in [1.54, 1.807) is 0 Å². The molecule has 0 bridgehead atoms. The summed E-state index contributed by atoms with van der Waals surface area (Å²) >= 11 is 1.96. The smallest absolute Gasteiger partial charge is 0.00953 e. The molecule has 2 unspecified atom stereocenters. The van der Waals surface area contributed by atoms with Crippen LogP contribution in [0.4, 0.5) is 0 Å². The Morgan fingerprint density at radius 1 is 1.43 bits per heavy atom. The summed E-state index contributed by atoms with van der Waals surface area (Å²) in [6, 6.07) is 0.823. The van der Waals surface area contributed by atoms with E-state index in [0.29, 0.717) is 0 Å². The number of nitrogens with one attached hydrogen (secondary N) is 1.